The van der Waals surface area contributed by atoms with Crippen LogP contribution >= 0.6 is 0 Å². The molecule has 0 saturated carbocycles. The summed E-state index contributed by atoms with van der Waals surface area (Å²) in [5.41, 5.74) is 6.31. The predicted molar refractivity (Wildman–Crippen MR) is 213 cm³/mol. The van der Waals surface area contributed by atoms with E-state index in [0.29, 0.717) is 28.3 Å². The molecular formula is C43H43N5O4Si. The predicted octanol–water partition coefficient (Wildman–Crippen LogP) is 9.11. The normalized spacial score (nSPS) is 13.8. The third-order valence-corrected chi connectivity index (χ3v) is 9.31. The monoisotopic (exact) mass is 721 g/mol. The van der Waals surface area contributed by atoms with Gasteiger partial charge in [0, 0.05) is 11.6 Å². The molecule has 0 radical (unpaired) electrons. The Morgan fingerprint density at radius 3 is 1.77 bits per heavy atom. The Kier molecular flexibility index (Phi) is 10.5. The van der Waals surface area contributed by atoms with Gasteiger partial charge in [-0.3, -0.25) is 19.5 Å². The van der Waals surface area contributed by atoms with Crippen LogP contribution in [0.15, 0.2) is 133 Å². The number of guanidine groups is 1. The van der Waals surface area contributed by atoms with E-state index in [9.17, 15) is 14.4 Å². The molecule has 1 aliphatic heterocycles. The fraction of sp³-hybridized carbons (Fsp3) is 0.209. The fourth-order valence-corrected chi connectivity index (χ4v) is 6.28. The molecule has 0 aliphatic carbocycles. The molecule has 0 bridgehead atoms. The zero-order valence-corrected chi connectivity index (χ0v) is 31.8. The van der Waals surface area contributed by atoms with E-state index >= 15 is 0 Å². The first-order chi connectivity index (χ1) is 25.3. The first kappa shape index (κ1) is 36.6. The lowest BCUT2D eigenvalue weighted by molar-refractivity contribution is -0.126. The molecule has 0 spiro atoms. The molecule has 268 valence electrons. The Hall–Kier alpha value is -6.18. The highest BCUT2D eigenvalue weighted by atomic mass is 28.3. The Labute approximate surface area is 311 Å². The van der Waals surface area contributed by atoms with Crippen molar-refractivity contribution in [3.05, 3.63) is 150 Å². The van der Waals surface area contributed by atoms with Gasteiger partial charge in [-0.15, -0.1) is 5.54 Å². The summed E-state index contributed by atoms with van der Waals surface area (Å²) >= 11 is 0. The number of nitrogens with one attached hydrogen (secondary N) is 2. The molecule has 2 heterocycles. The van der Waals surface area contributed by atoms with Crippen LogP contribution in [0.4, 0.5) is 22.0 Å². The SMILES string of the molecule is CC(C)(C)C(=O)NC1=NC(OC(=O)N(c2ccccc2)c2ccccc2)c2c(C#C[Si](C)(C)C)cn(C(=O)C(c3ccccc3)c3ccccc3)c2N1. The van der Waals surface area contributed by atoms with Crippen LogP contribution in [0.2, 0.25) is 19.6 Å². The van der Waals surface area contributed by atoms with Gasteiger partial charge in [0.15, 0.2) is 0 Å². The number of aromatic nitrogens is 1. The minimum atomic E-state index is -1.93. The van der Waals surface area contributed by atoms with Gasteiger partial charge in [0.25, 0.3) is 0 Å². The molecule has 5 aromatic rings. The lowest BCUT2D eigenvalue weighted by Crippen LogP contribution is -2.44. The third kappa shape index (κ3) is 8.49. The van der Waals surface area contributed by atoms with Crippen LogP contribution in [0.25, 0.3) is 0 Å². The zero-order valence-electron chi connectivity index (χ0n) is 30.8. The summed E-state index contributed by atoms with van der Waals surface area (Å²) in [7, 11) is -1.93. The van der Waals surface area contributed by atoms with Gasteiger partial charge in [-0.05, 0) is 35.4 Å². The number of para-hydroxylation sites is 2. The Morgan fingerprint density at radius 2 is 1.30 bits per heavy atom. The molecule has 0 fully saturated rings. The standard InChI is InChI=1S/C43H43N5O4Si/c1-43(2,3)40(50)46-41-44-37-36(38(45-41)52-42(51)48(33-23-15-9-16-24-33)34-25-17-10-18-26-34)32(27-28-53(4,5)6)29-47(37)39(49)35(30-19-11-7-12-20-30)31-21-13-8-14-22-31/h7-26,29,35,38H,1-6H3,(H2,44,45,46,50). The maximum atomic E-state index is 15.0. The molecule has 2 amide bonds. The first-order valence-electron chi connectivity index (χ1n) is 17.5. The van der Waals surface area contributed by atoms with Gasteiger partial charge < -0.3 is 10.1 Å². The van der Waals surface area contributed by atoms with Crippen LogP contribution in [0.1, 0.15) is 60.0 Å². The summed E-state index contributed by atoms with van der Waals surface area (Å²) in [5, 5.41) is 6.08. The number of rotatable bonds is 6. The third-order valence-electron chi connectivity index (χ3n) is 8.43. The van der Waals surface area contributed by atoms with E-state index in [1.807, 2.05) is 121 Å². The number of carbonyl (C=O) groups is 3. The molecule has 4 aromatic carbocycles. The Balaban J connectivity index is 1.52. The zero-order chi connectivity index (χ0) is 37.8. The number of benzene rings is 4. The molecule has 0 saturated heterocycles. The van der Waals surface area contributed by atoms with Gasteiger partial charge in [-0.2, -0.15) is 0 Å². The minimum absolute atomic E-state index is 0.0361. The van der Waals surface area contributed by atoms with Crippen LogP contribution < -0.4 is 15.5 Å². The topological polar surface area (TPSA) is 105 Å². The summed E-state index contributed by atoms with van der Waals surface area (Å²) in [6.07, 6.45) is -0.306. The lowest BCUT2D eigenvalue weighted by atomic mass is 9.90. The highest BCUT2D eigenvalue weighted by molar-refractivity contribution is 6.83. The van der Waals surface area contributed by atoms with Crippen molar-refractivity contribution in [2.75, 3.05) is 10.2 Å². The summed E-state index contributed by atoms with van der Waals surface area (Å²) in [6.45, 7) is 11.7. The van der Waals surface area contributed by atoms with E-state index < -0.39 is 31.7 Å². The Bertz CT molecular complexity index is 2120. The molecule has 9 nitrogen and oxygen atoms in total. The van der Waals surface area contributed by atoms with Crippen molar-refractivity contribution in [2.24, 2.45) is 10.4 Å². The minimum Gasteiger partial charge on any atom is -0.418 e. The van der Waals surface area contributed by atoms with Gasteiger partial charge in [-0.1, -0.05) is 143 Å². The van der Waals surface area contributed by atoms with Crippen molar-refractivity contribution < 1.29 is 19.1 Å². The average molecular weight is 722 g/mol. The second kappa shape index (κ2) is 15.2. The van der Waals surface area contributed by atoms with Crippen molar-refractivity contribution in [1.82, 2.24) is 9.88 Å². The second-order valence-electron chi connectivity index (χ2n) is 14.8. The van der Waals surface area contributed by atoms with E-state index in [1.54, 1.807) is 27.0 Å². The largest absolute Gasteiger partial charge is 0.421 e. The molecular weight excluding hydrogens is 679 g/mol. The van der Waals surface area contributed by atoms with Gasteiger partial charge in [-0.25, -0.2) is 14.7 Å². The number of hydrogen-bond acceptors (Lipinski definition) is 6. The van der Waals surface area contributed by atoms with Gasteiger partial charge >= 0.3 is 6.09 Å². The highest BCUT2D eigenvalue weighted by Gasteiger charge is 2.37. The maximum Gasteiger partial charge on any atom is 0.421 e. The van der Waals surface area contributed by atoms with Crippen molar-refractivity contribution in [2.45, 2.75) is 52.6 Å². The summed E-state index contributed by atoms with van der Waals surface area (Å²) in [4.78, 5) is 48.9. The van der Waals surface area contributed by atoms with E-state index in [0.717, 1.165) is 11.1 Å². The number of fused-ring (bicyclic) bond motifs is 1. The van der Waals surface area contributed by atoms with Crippen LogP contribution in [0, 0.1) is 16.9 Å². The summed E-state index contributed by atoms with van der Waals surface area (Å²) in [5.74, 6) is 2.38. The fourth-order valence-electron chi connectivity index (χ4n) is 5.77. The number of amides is 2. The summed E-state index contributed by atoms with van der Waals surface area (Å²) in [6, 6.07) is 37.5. The van der Waals surface area contributed by atoms with Crippen LogP contribution in [0.5, 0.6) is 0 Å². The molecule has 6 rings (SSSR count). The molecule has 1 atom stereocenters. The van der Waals surface area contributed by atoms with Crippen molar-refractivity contribution in [3.63, 3.8) is 0 Å². The molecule has 53 heavy (non-hydrogen) atoms. The number of anilines is 3. The van der Waals surface area contributed by atoms with Crippen molar-refractivity contribution in [1.29, 1.82) is 0 Å². The summed E-state index contributed by atoms with van der Waals surface area (Å²) < 4.78 is 7.82. The highest BCUT2D eigenvalue weighted by Crippen LogP contribution is 2.39. The first-order valence-corrected chi connectivity index (χ1v) is 21.0. The number of carbonyl (C=O) groups excluding carboxylic acids is 3. The van der Waals surface area contributed by atoms with Gasteiger partial charge in [0.05, 0.1) is 28.4 Å². The number of hydrogen-bond donors (Lipinski definition) is 2. The molecule has 1 aliphatic rings. The molecule has 10 heteroatoms. The quantitative estimate of drug-likeness (QED) is 0.135. The number of ether oxygens (including phenoxy) is 1. The molecule has 1 aromatic heterocycles. The Morgan fingerprint density at radius 1 is 0.811 bits per heavy atom. The average Bonchev–Trinajstić information content (AvgIpc) is 3.51. The van der Waals surface area contributed by atoms with Gasteiger partial charge in [0.2, 0.25) is 24.0 Å². The van der Waals surface area contributed by atoms with Crippen molar-refractivity contribution in [3.8, 4) is 11.5 Å². The van der Waals surface area contributed by atoms with E-state index in [4.69, 9.17) is 9.73 Å². The van der Waals surface area contributed by atoms with Crippen LogP contribution in [-0.2, 0) is 9.53 Å². The maximum absolute atomic E-state index is 15.0. The van der Waals surface area contributed by atoms with E-state index in [2.05, 4.69) is 41.7 Å². The van der Waals surface area contributed by atoms with Gasteiger partial charge in [0.1, 0.15) is 13.9 Å². The number of aliphatic imine (C=N–C) groups is 1. The second-order valence-corrected chi connectivity index (χ2v) is 19.6. The van der Waals surface area contributed by atoms with E-state index in [-0.39, 0.29) is 17.8 Å². The van der Waals surface area contributed by atoms with Crippen molar-refractivity contribution >= 4 is 49.1 Å². The van der Waals surface area contributed by atoms with E-state index in [1.165, 1.54) is 9.47 Å². The number of nitrogens with zero attached hydrogens (tertiary/aromatic N) is 3. The van der Waals surface area contributed by atoms with Crippen LogP contribution in [0.3, 0.4) is 0 Å². The van der Waals surface area contributed by atoms with Crippen LogP contribution in [-0.4, -0.2) is 36.5 Å². The molecule has 2 N–H and O–H groups in total. The molecule has 1 unspecified atom stereocenters. The lowest BCUT2D eigenvalue weighted by Gasteiger charge is -2.29. The smallest absolute Gasteiger partial charge is 0.418 e.